The molecule has 2 aromatic rings. The topological polar surface area (TPSA) is 32.3 Å². The molecule has 2 aromatic carbocycles. The van der Waals surface area contributed by atoms with Crippen LogP contribution in [-0.2, 0) is 13.0 Å². The summed E-state index contributed by atoms with van der Waals surface area (Å²) in [5, 5.41) is 12.3. The molecule has 2 nitrogen and oxygen atoms in total. The fourth-order valence-electron chi connectivity index (χ4n) is 2.14. The standard InChI is InChI=1S/C17H19F2NO/c1-12(7-8-13-5-3-2-4-6-13)20-11-14-9-15(18)17(21)16(19)10-14/h2-6,9-10,12,20-21H,7-8,11H2,1H3. The number of rotatable bonds is 6. The second kappa shape index (κ2) is 7.18. The number of benzene rings is 2. The van der Waals surface area contributed by atoms with Gasteiger partial charge in [-0.2, -0.15) is 0 Å². The number of hydrogen-bond acceptors (Lipinski definition) is 2. The van der Waals surface area contributed by atoms with Crippen molar-refractivity contribution in [1.29, 1.82) is 0 Å². The minimum atomic E-state index is -0.927. The first-order valence-electron chi connectivity index (χ1n) is 7.00. The van der Waals surface area contributed by atoms with Gasteiger partial charge in [0.2, 0.25) is 0 Å². The van der Waals surface area contributed by atoms with Crippen molar-refractivity contribution in [3.8, 4) is 5.75 Å². The van der Waals surface area contributed by atoms with Gasteiger partial charge in [0.25, 0.3) is 0 Å². The molecule has 112 valence electrons. The summed E-state index contributed by atoms with van der Waals surface area (Å²) in [5.74, 6) is -2.77. The van der Waals surface area contributed by atoms with Crippen LogP contribution in [0.15, 0.2) is 42.5 Å². The Morgan fingerprint density at radius 3 is 2.29 bits per heavy atom. The molecule has 0 aliphatic heterocycles. The van der Waals surface area contributed by atoms with E-state index in [0.717, 1.165) is 25.0 Å². The van der Waals surface area contributed by atoms with Crippen LogP contribution in [-0.4, -0.2) is 11.1 Å². The average molecular weight is 291 g/mol. The molecule has 1 unspecified atom stereocenters. The highest BCUT2D eigenvalue weighted by Gasteiger charge is 2.10. The van der Waals surface area contributed by atoms with E-state index in [9.17, 15) is 8.78 Å². The van der Waals surface area contributed by atoms with Gasteiger partial charge in [-0.25, -0.2) is 8.78 Å². The summed E-state index contributed by atoms with van der Waals surface area (Å²) < 4.78 is 26.4. The molecule has 0 bridgehead atoms. The normalized spacial score (nSPS) is 12.3. The lowest BCUT2D eigenvalue weighted by molar-refractivity contribution is 0.394. The van der Waals surface area contributed by atoms with E-state index in [0.29, 0.717) is 12.1 Å². The molecule has 0 radical (unpaired) electrons. The van der Waals surface area contributed by atoms with E-state index in [1.165, 1.54) is 5.56 Å². The number of aryl methyl sites for hydroxylation is 1. The first-order chi connectivity index (χ1) is 10.1. The zero-order valence-corrected chi connectivity index (χ0v) is 11.9. The third kappa shape index (κ3) is 4.53. The van der Waals surface area contributed by atoms with Crippen molar-refractivity contribution in [3.63, 3.8) is 0 Å². The van der Waals surface area contributed by atoms with Crippen LogP contribution in [0.25, 0.3) is 0 Å². The van der Waals surface area contributed by atoms with Crippen molar-refractivity contribution < 1.29 is 13.9 Å². The van der Waals surface area contributed by atoms with Gasteiger partial charge in [-0.3, -0.25) is 0 Å². The average Bonchev–Trinajstić information content (AvgIpc) is 2.49. The first kappa shape index (κ1) is 15.4. The fraction of sp³-hybridized carbons (Fsp3) is 0.294. The molecule has 21 heavy (non-hydrogen) atoms. The predicted molar refractivity (Wildman–Crippen MR) is 79.1 cm³/mol. The van der Waals surface area contributed by atoms with Gasteiger partial charge in [-0.05, 0) is 43.0 Å². The summed E-state index contributed by atoms with van der Waals surface area (Å²) in [4.78, 5) is 0. The molecule has 4 heteroatoms. The molecule has 0 aliphatic rings. The SMILES string of the molecule is CC(CCc1ccccc1)NCc1cc(F)c(O)c(F)c1. The van der Waals surface area contributed by atoms with Crippen molar-refractivity contribution in [3.05, 3.63) is 65.2 Å². The van der Waals surface area contributed by atoms with Gasteiger partial charge in [-0.1, -0.05) is 30.3 Å². The number of aromatic hydroxyl groups is 1. The summed E-state index contributed by atoms with van der Waals surface area (Å²) in [6.45, 7) is 2.40. The molecular weight excluding hydrogens is 272 g/mol. The van der Waals surface area contributed by atoms with E-state index in [1.807, 2.05) is 25.1 Å². The largest absolute Gasteiger partial charge is 0.503 e. The van der Waals surface area contributed by atoms with Gasteiger partial charge >= 0.3 is 0 Å². The van der Waals surface area contributed by atoms with Crippen molar-refractivity contribution in [2.75, 3.05) is 0 Å². The van der Waals surface area contributed by atoms with E-state index in [-0.39, 0.29) is 6.04 Å². The number of halogens is 2. The molecule has 2 rings (SSSR count). The molecular formula is C17H19F2NO. The highest BCUT2D eigenvalue weighted by atomic mass is 19.1. The molecule has 0 amide bonds. The number of phenols is 1. The smallest absolute Gasteiger partial charge is 0.187 e. The van der Waals surface area contributed by atoms with E-state index in [4.69, 9.17) is 5.11 Å². The van der Waals surface area contributed by atoms with Gasteiger partial charge < -0.3 is 10.4 Å². The Hall–Kier alpha value is -1.94. The van der Waals surface area contributed by atoms with Crippen LogP contribution in [0, 0.1) is 11.6 Å². The van der Waals surface area contributed by atoms with Crippen molar-refractivity contribution in [2.24, 2.45) is 0 Å². The number of hydrogen-bond donors (Lipinski definition) is 2. The Morgan fingerprint density at radius 1 is 1.05 bits per heavy atom. The quantitative estimate of drug-likeness (QED) is 0.849. The lowest BCUT2D eigenvalue weighted by atomic mass is 10.1. The van der Waals surface area contributed by atoms with Crippen LogP contribution in [0.1, 0.15) is 24.5 Å². The summed E-state index contributed by atoms with van der Waals surface area (Å²) >= 11 is 0. The van der Waals surface area contributed by atoms with Gasteiger partial charge in [0.1, 0.15) is 0 Å². The minimum absolute atomic E-state index is 0.227. The van der Waals surface area contributed by atoms with E-state index >= 15 is 0 Å². The maximum atomic E-state index is 13.2. The second-order valence-corrected chi connectivity index (χ2v) is 5.21. The molecule has 0 fully saturated rings. The Labute approximate surface area is 123 Å². The highest BCUT2D eigenvalue weighted by Crippen LogP contribution is 2.21. The Balaban J connectivity index is 1.82. The molecule has 0 spiro atoms. The van der Waals surface area contributed by atoms with Crippen LogP contribution in [0.4, 0.5) is 8.78 Å². The molecule has 0 aliphatic carbocycles. The van der Waals surface area contributed by atoms with Gasteiger partial charge in [-0.15, -0.1) is 0 Å². The second-order valence-electron chi connectivity index (χ2n) is 5.21. The van der Waals surface area contributed by atoms with Crippen molar-refractivity contribution >= 4 is 0 Å². The monoisotopic (exact) mass is 291 g/mol. The molecule has 0 saturated heterocycles. The Morgan fingerprint density at radius 2 is 1.67 bits per heavy atom. The molecule has 0 saturated carbocycles. The van der Waals surface area contributed by atoms with E-state index in [1.54, 1.807) is 0 Å². The van der Waals surface area contributed by atoms with E-state index in [2.05, 4.69) is 17.4 Å². The summed E-state index contributed by atoms with van der Waals surface area (Å²) in [5.41, 5.74) is 1.75. The lowest BCUT2D eigenvalue weighted by Gasteiger charge is -2.14. The summed E-state index contributed by atoms with van der Waals surface area (Å²) in [7, 11) is 0. The zero-order valence-electron chi connectivity index (χ0n) is 11.9. The molecule has 0 aromatic heterocycles. The van der Waals surface area contributed by atoms with Gasteiger partial charge in [0.05, 0.1) is 0 Å². The van der Waals surface area contributed by atoms with Crippen LogP contribution >= 0.6 is 0 Å². The van der Waals surface area contributed by atoms with Crippen LogP contribution < -0.4 is 5.32 Å². The Kier molecular flexibility index (Phi) is 5.28. The maximum Gasteiger partial charge on any atom is 0.187 e. The first-order valence-corrected chi connectivity index (χ1v) is 7.00. The summed E-state index contributed by atoms with van der Waals surface area (Å²) in [6, 6.07) is 12.7. The molecule has 2 N–H and O–H groups in total. The van der Waals surface area contributed by atoms with E-state index < -0.39 is 17.4 Å². The zero-order chi connectivity index (χ0) is 15.2. The van der Waals surface area contributed by atoms with Gasteiger partial charge in [0, 0.05) is 12.6 Å². The van der Waals surface area contributed by atoms with Gasteiger partial charge in [0.15, 0.2) is 17.4 Å². The Bertz CT molecular complexity index is 564. The maximum absolute atomic E-state index is 13.2. The third-order valence-corrected chi connectivity index (χ3v) is 3.44. The minimum Gasteiger partial charge on any atom is -0.503 e. The van der Waals surface area contributed by atoms with Crippen molar-refractivity contribution in [2.45, 2.75) is 32.4 Å². The van der Waals surface area contributed by atoms with Crippen LogP contribution in [0.3, 0.4) is 0 Å². The number of nitrogens with one attached hydrogen (secondary N) is 1. The summed E-state index contributed by atoms with van der Waals surface area (Å²) in [6.07, 6.45) is 1.89. The molecule has 0 heterocycles. The van der Waals surface area contributed by atoms with Crippen LogP contribution in [0.5, 0.6) is 5.75 Å². The fourth-order valence-corrected chi connectivity index (χ4v) is 2.14. The van der Waals surface area contributed by atoms with Crippen molar-refractivity contribution in [1.82, 2.24) is 5.32 Å². The predicted octanol–water partition coefficient (Wildman–Crippen LogP) is 3.78. The molecule has 1 atom stereocenters. The lowest BCUT2D eigenvalue weighted by Crippen LogP contribution is -2.26. The number of phenolic OH excluding ortho intramolecular Hbond substituents is 1. The highest BCUT2D eigenvalue weighted by molar-refractivity contribution is 5.30. The van der Waals surface area contributed by atoms with Crippen LogP contribution in [0.2, 0.25) is 0 Å². The third-order valence-electron chi connectivity index (χ3n) is 3.44.